The molecule has 2 heterocycles. The molecule has 7 nitrogen and oxygen atoms in total. The van der Waals surface area contributed by atoms with Crippen LogP contribution < -0.4 is 9.21 Å². The van der Waals surface area contributed by atoms with Gasteiger partial charge >= 0.3 is 0 Å². The molecule has 9 heteroatoms. The number of halogens is 1. The molecular weight excluding hydrogens is 421 g/mol. The number of piperazine rings is 1. The first-order chi connectivity index (χ1) is 14.6. The normalized spacial score (nSPS) is 20.2. The van der Waals surface area contributed by atoms with Crippen LogP contribution in [0.2, 0.25) is 0 Å². The predicted octanol–water partition coefficient (Wildman–Crippen LogP) is 2.49. The van der Waals surface area contributed by atoms with Crippen LogP contribution in [0.25, 0.3) is 0 Å². The minimum absolute atomic E-state index is 0.185. The second-order valence-electron chi connectivity index (χ2n) is 8.49. The van der Waals surface area contributed by atoms with E-state index in [-0.39, 0.29) is 23.2 Å². The van der Waals surface area contributed by atoms with Gasteiger partial charge in [-0.25, -0.2) is 17.1 Å². The van der Waals surface area contributed by atoms with Gasteiger partial charge < -0.3 is 9.80 Å². The van der Waals surface area contributed by atoms with E-state index in [4.69, 9.17) is 0 Å². The Labute approximate surface area is 181 Å². The predicted molar refractivity (Wildman–Crippen MR) is 116 cm³/mol. The van der Waals surface area contributed by atoms with Gasteiger partial charge in [-0.15, -0.1) is 0 Å². The lowest BCUT2D eigenvalue weighted by atomic mass is 9.95. The van der Waals surface area contributed by atoms with Crippen molar-refractivity contribution in [2.45, 2.75) is 13.8 Å². The smallest absolute Gasteiger partial charge is 0.253 e. The summed E-state index contributed by atoms with van der Waals surface area (Å²) >= 11 is 0. The van der Waals surface area contributed by atoms with E-state index < -0.39 is 21.3 Å². The fraction of sp³-hybridized carbons (Fsp3) is 0.364. The van der Waals surface area contributed by atoms with Crippen molar-refractivity contribution in [3.8, 4) is 0 Å². The van der Waals surface area contributed by atoms with E-state index in [2.05, 4.69) is 0 Å². The van der Waals surface area contributed by atoms with Crippen molar-refractivity contribution < 1.29 is 22.4 Å². The van der Waals surface area contributed by atoms with Crippen molar-refractivity contribution in [2.24, 2.45) is 5.41 Å². The maximum atomic E-state index is 14.0. The van der Waals surface area contributed by atoms with Gasteiger partial charge in [0.1, 0.15) is 5.82 Å². The molecule has 0 spiro atoms. The van der Waals surface area contributed by atoms with E-state index >= 15 is 0 Å². The summed E-state index contributed by atoms with van der Waals surface area (Å²) in [5, 5.41) is 0. The molecule has 2 amide bonds. The second-order valence-corrected chi connectivity index (χ2v) is 10.3. The molecule has 2 aliphatic rings. The van der Waals surface area contributed by atoms with E-state index in [9.17, 15) is 22.4 Å². The molecule has 0 unspecified atom stereocenters. The molecule has 2 aromatic carbocycles. The number of nitrogens with zero attached hydrogens (tertiary/aromatic N) is 3. The van der Waals surface area contributed by atoms with Gasteiger partial charge in [0.2, 0.25) is 15.9 Å². The number of hydrogen-bond acceptors (Lipinski definition) is 5. The average Bonchev–Trinajstić information content (AvgIpc) is 2.90. The monoisotopic (exact) mass is 445 g/mol. The Balaban J connectivity index is 1.45. The Morgan fingerprint density at radius 1 is 0.968 bits per heavy atom. The third-order valence-corrected chi connectivity index (χ3v) is 7.71. The topological polar surface area (TPSA) is 78.0 Å². The molecule has 0 aromatic heterocycles. The molecular formula is C22H24FN3O4S. The zero-order valence-corrected chi connectivity index (χ0v) is 18.2. The van der Waals surface area contributed by atoms with E-state index in [1.54, 1.807) is 36.9 Å². The minimum Gasteiger partial charge on any atom is -0.366 e. The largest absolute Gasteiger partial charge is 0.366 e. The van der Waals surface area contributed by atoms with Crippen LogP contribution in [-0.2, 0) is 14.8 Å². The SMILES string of the molecule is CC1(C)CS(=O)(=O)N(c2ccc(C(=O)N3CCN(c4ccccc4F)CC3)cc2)C1=O. The number of rotatable bonds is 3. The van der Waals surface area contributed by atoms with Crippen molar-refractivity contribution in [3.05, 3.63) is 59.9 Å². The fourth-order valence-electron chi connectivity index (χ4n) is 4.04. The first-order valence-corrected chi connectivity index (χ1v) is 11.7. The number of para-hydroxylation sites is 1. The van der Waals surface area contributed by atoms with Crippen LogP contribution in [0.5, 0.6) is 0 Å². The van der Waals surface area contributed by atoms with Gasteiger partial charge in [-0.1, -0.05) is 12.1 Å². The van der Waals surface area contributed by atoms with Crippen LogP contribution in [0.4, 0.5) is 15.8 Å². The van der Waals surface area contributed by atoms with Gasteiger partial charge in [-0.2, -0.15) is 0 Å². The lowest BCUT2D eigenvalue weighted by Gasteiger charge is -2.36. The summed E-state index contributed by atoms with van der Waals surface area (Å²) in [6.07, 6.45) is 0. The Morgan fingerprint density at radius 3 is 2.13 bits per heavy atom. The van der Waals surface area contributed by atoms with E-state index in [1.165, 1.54) is 30.3 Å². The lowest BCUT2D eigenvalue weighted by Crippen LogP contribution is -2.49. The van der Waals surface area contributed by atoms with Crippen molar-refractivity contribution in [1.82, 2.24) is 4.90 Å². The maximum Gasteiger partial charge on any atom is 0.253 e. The number of carbonyl (C=O) groups is 2. The number of benzene rings is 2. The van der Waals surface area contributed by atoms with Crippen LogP contribution in [0, 0.1) is 11.2 Å². The summed E-state index contributed by atoms with van der Waals surface area (Å²) in [7, 11) is -3.73. The summed E-state index contributed by atoms with van der Waals surface area (Å²) < 4.78 is 39.7. The number of sulfonamides is 1. The van der Waals surface area contributed by atoms with Crippen LogP contribution >= 0.6 is 0 Å². The molecule has 0 N–H and O–H groups in total. The second kappa shape index (κ2) is 7.64. The van der Waals surface area contributed by atoms with Crippen molar-refractivity contribution in [1.29, 1.82) is 0 Å². The highest BCUT2D eigenvalue weighted by atomic mass is 32.2. The molecule has 2 fully saturated rings. The summed E-state index contributed by atoms with van der Waals surface area (Å²) in [4.78, 5) is 29.0. The molecule has 2 aromatic rings. The first kappa shape index (κ1) is 21.3. The van der Waals surface area contributed by atoms with Crippen LogP contribution in [0.15, 0.2) is 48.5 Å². The number of anilines is 2. The summed E-state index contributed by atoms with van der Waals surface area (Å²) in [5.41, 5.74) is 0.187. The van der Waals surface area contributed by atoms with Gasteiger partial charge in [-0.05, 0) is 50.2 Å². The fourth-order valence-corrected chi connectivity index (χ4v) is 6.15. The van der Waals surface area contributed by atoms with Crippen molar-refractivity contribution in [3.63, 3.8) is 0 Å². The van der Waals surface area contributed by atoms with Gasteiger partial charge in [-0.3, -0.25) is 9.59 Å². The highest BCUT2D eigenvalue weighted by Crippen LogP contribution is 2.35. The van der Waals surface area contributed by atoms with E-state index in [0.29, 0.717) is 37.4 Å². The Hall–Kier alpha value is -2.94. The average molecular weight is 446 g/mol. The standard InChI is InChI=1S/C22H24FN3O4S/c1-22(2)15-31(29,30)26(21(22)28)17-9-7-16(8-10-17)20(27)25-13-11-24(12-14-25)19-6-4-3-5-18(19)23/h3-10H,11-15H2,1-2H3. The van der Waals surface area contributed by atoms with Crippen molar-refractivity contribution in [2.75, 3.05) is 41.1 Å². The Bertz CT molecular complexity index is 1120. The number of hydrogen-bond donors (Lipinski definition) is 0. The first-order valence-electron chi connectivity index (χ1n) is 10.1. The highest BCUT2D eigenvalue weighted by molar-refractivity contribution is 7.94. The lowest BCUT2D eigenvalue weighted by molar-refractivity contribution is -0.123. The summed E-state index contributed by atoms with van der Waals surface area (Å²) in [5.74, 6) is -1.19. The summed E-state index contributed by atoms with van der Waals surface area (Å²) in [6, 6.07) is 12.6. The molecule has 0 atom stereocenters. The molecule has 2 saturated heterocycles. The Kier molecular flexibility index (Phi) is 5.25. The van der Waals surface area contributed by atoms with Gasteiger partial charge in [0.25, 0.3) is 5.91 Å². The third kappa shape index (κ3) is 3.89. The zero-order valence-electron chi connectivity index (χ0n) is 17.4. The van der Waals surface area contributed by atoms with E-state index in [1.807, 2.05) is 4.90 Å². The molecule has 0 radical (unpaired) electrons. The molecule has 4 rings (SSSR count). The minimum atomic E-state index is -3.73. The Morgan fingerprint density at radius 2 is 1.58 bits per heavy atom. The third-order valence-electron chi connectivity index (χ3n) is 5.69. The zero-order chi connectivity index (χ0) is 22.4. The molecule has 31 heavy (non-hydrogen) atoms. The van der Waals surface area contributed by atoms with E-state index in [0.717, 1.165) is 4.31 Å². The molecule has 164 valence electrons. The molecule has 2 aliphatic heterocycles. The van der Waals surface area contributed by atoms with Gasteiger partial charge in [0.05, 0.1) is 22.5 Å². The van der Waals surface area contributed by atoms with Gasteiger partial charge in [0.15, 0.2) is 0 Å². The van der Waals surface area contributed by atoms with Gasteiger partial charge in [0, 0.05) is 31.7 Å². The molecule has 0 bridgehead atoms. The molecule has 0 aliphatic carbocycles. The van der Waals surface area contributed by atoms with Crippen LogP contribution in [0.3, 0.4) is 0 Å². The van der Waals surface area contributed by atoms with Crippen LogP contribution in [-0.4, -0.2) is 57.1 Å². The van der Waals surface area contributed by atoms with Crippen molar-refractivity contribution >= 4 is 33.2 Å². The summed E-state index contributed by atoms with van der Waals surface area (Å²) in [6.45, 7) is 5.13. The maximum absolute atomic E-state index is 14.0. The quantitative estimate of drug-likeness (QED) is 0.726. The highest BCUT2D eigenvalue weighted by Gasteiger charge is 2.49. The number of amides is 2. The molecule has 0 saturated carbocycles. The van der Waals surface area contributed by atoms with Crippen LogP contribution in [0.1, 0.15) is 24.2 Å². The number of carbonyl (C=O) groups excluding carboxylic acids is 2.